The first kappa shape index (κ1) is 21.9. The van der Waals surface area contributed by atoms with Crippen LogP contribution in [0.4, 0.5) is 13.2 Å². The maximum absolute atomic E-state index is 14.5. The van der Waals surface area contributed by atoms with Crippen molar-refractivity contribution >= 4 is 12.2 Å². The zero-order valence-electron chi connectivity index (χ0n) is 17.5. The fourth-order valence-electron chi connectivity index (χ4n) is 3.48. The molecule has 0 radical (unpaired) electrons. The van der Waals surface area contributed by atoms with E-state index in [9.17, 15) is 13.2 Å². The van der Waals surface area contributed by atoms with Gasteiger partial charge in [0.25, 0.3) is 0 Å². The van der Waals surface area contributed by atoms with E-state index in [1.54, 1.807) is 42.5 Å². The van der Waals surface area contributed by atoms with Crippen LogP contribution < -0.4 is 0 Å². The van der Waals surface area contributed by atoms with Crippen LogP contribution >= 0.6 is 0 Å². The lowest BCUT2D eigenvalue weighted by molar-refractivity contribution is 0.499. The highest BCUT2D eigenvalue weighted by molar-refractivity contribution is 5.72. The first-order valence-corrected chi connectivity index (χ1v) is 10.6. The molecule has 0 bridgehead atoms. The van der Waals surface area contributed by atoms with Crippen LogP contribution in [0.25, 0.3) is 23.3 Å². The summed E-state index contributed by atoms with van der Waals surface area (Å²) in [5.74, 6) is -1.80. The lowest BCUT2D eigenvalue weighted by Gasteiger charge is -2.09. The minimum Gasteiger partial charge on any atom is -0.206 e. The Morgan fingerprint density at radius 3 is 2.17 bits per heavy atom. The zero-order valence-corrected chi connectivity index (χ0v) is 17.5. The lowest BCUT2D eigenvalue weighted by atomic mass is 9.99. The average molecular weight is 409 g/mol. The SMILES string of the molecule is CCCCc1ccc(-c2ccc(/C=C/c3ccc(CCC)cc3F)cc2)c(F)c1F. The molecule has 0 spiro atoms. The monoisotopic (exact) mass is 408 g/mol. The van der Waals surface area contributed by atoms with Gasteiger partial charge >= 0.3 is 0 Å². The van der Waals surface area contributed by atoms with E-state index in [1.807, 2.05) is 31.2 Å². The van der Waals surface area contributed by atoms with E-state index in [-0.39, 0.29) is 11.4 Å². The smallest absolute Gasteiger partial charge is 0.166 e. The standard InChI is InChI=1S/C27H27F3/c1-3-5-7-23-16-17-24(27(30)26(23)29)21-12-8-19(9-13-21)10-14-22-15-11-20(6-4-2)18-25(22)28/h8-18H,3-7H2,1-2H3/b14-10+. The van der Waals surface area contributed by atoms with Crippen LogP contribution in [0.1, 0.15) is 55.4 Å². The Morgan fingerprint density at radius 1 is 0.733 bits per heavy atom. The Labute approximate surface area is 177 Å². The molecule has 0 fully saturated rings. The van der Waals surface area contributed by atoms with Gasteiger partial charge in [-0.1, -0.05) is 87.4 Å². The van der Waals surface area contributed by atoms with Gasteiger partial charge in [-0.25, -0.2) is 13.2 Å². The van der Waals surface area contributed by atoms with Gasteiger partial charge in [-0.05, 0) is 47.6 Å². The Hall–Kier alpha value is -2.81. The number of benzene rings is 3. The molecule has 0 N–H and O–H groups in total. The number of aryl methyl sites for hydroxylation is 2. The second-order valence-corrected chi connectivity index (χ2v) is 7.56. The molecule has 0 amide bonds. The third-order valence-corrected chi connectivity index (χ3v) is 5.24. The molecule has 3 rings (SSSR count). The Bertz CT molecular complexity index is 1020. The first-order chi connectivity index (χ1) is 14.5. The van der Waals surface area contributed by atoms with Crippen molar-refractivity contribution in [2.24, 2.45) is 0 Å². The summed E-state index contributed by atoms with van der Waals surface area (Å²) in [4.78, 5) is 0. The highest BCUT2D eigenvalue weighted by atomic mass is 19.2. The average Bonchev–Trinajstić information content (AvgIpc) is 2.75. The van der Waals surface area contributed by atoms with Gasteiger partial charge in [-0.2, -0.15) is 0 Å². The van der Waals surface area contributed by atoms with Crippen LogP contribution in [0.3, 0.4) is 0 Å². The van der Waals surface area contributed by atoms with E-state index in [2.05, 4.69) is 6.92 Å². The molecule has 0 unspecified atom stereocenters. The molecule has 0 aliphatic carbocycles. The van der Waals surface area contributed by atoms with Crippen molar-refractivity contribution in [2.75, 3.05) is 0 Å². The highest BCUT2D eigenvalue weighted by Crippen LogP contribution is 2.28. The summed E-state index contributed by atoms with van der Waals surface area (Å²) in [5.41, 5.74) is 3.66. The van der Waals surface area contributed by atoms with Crippen molar-refractivity contribution in [3.63, 3.8) is 0 Å². The molecule has 0 aliphatic rings. The molecule has 0 nitrogen and oxygen atoms in total. The maximum atomic E-state index is 14.5. The van der Waals surface area contributed by atoms with Crippen LogP contribution in [0, 0.1) is 17.5 Å². The van der Waals surface area contributed by atoms with Crippen LogP contribution in [0.15, 0.2) is 54.6 Å². The number of hydrogen-bond donors (Lipinski definition) is 0. The Balaban J connectivity index is 1.77. The zero-order chi connectivity index (χ0) is 21.5. The maximum Gasteiger partial charge on any atom is 0.166 e. The van der Waals surface area contributed by atoms with Crippen LogP contribution in [0.2, 0.25) is 0 Å². The normalized spacial score (nSPS) is 11.4. The van der Waals surface area contributed by atoms with E-state index in [1.165, 1.54) is 0 Å². The van der Waals surface area contributed by atoms with E-state index in [0.29, 0.717) is 23.1 Å². The van der Waals surface area contributed by atoms with Crippen molar-refractivity contribution < 1.29 is 13.2 Å². The van der Waals surface area contributed by atoms with Gasteiger partial charge in [-0.15, -0.1) is 0 Å². The predicted octanol–water partition coefficient (Wildman–Crippen LogP) is 8.24. The highest BCUT2D eigenvalue weighted by Gasteiger charge is 2.14. The van der Waals surface area contributed by atoms with Gasteiger partial charge in [-0.3, -0.25) is 0 Å². The molecule has 0 atom stereocenters. The van der Waals surface area contributed by atoms with E-state index >= 15 is 0 Å². The molecule has 0 aliphatic heterocycles. The van der Waals surface area contributed by atoms with Crippen molar-refractivity contribution in [1.29, 1.82) is 0 Å². The second kappa shape index (κ2) is 10.3. The molecule has 3 aromatic carbocycles. The van der Waals surface area contributed by atoms with Gasteiger partial charge in [0.1, 0.15) is 5.82 Å². The number of rotatable bonds is 8. The minimum absolute atomic E-state index is 0.241. The number of halogens is 3. The van der Waals surface area contributed by atoms with Gasteiger partial charge < -0.3 is 0 Å². The number of hydrogen-bond acceptors (Lipinski definition) is 0. The van der Waals surface area contributed by atoms with E-state index in [4.69, 9.17) is 0 Å². The summed E-state index contributed by atoms with van der Waals surface area (Å²) in [6.07, 6.45) is 7.68. The van der Waals surface area contributed by atoms with Gasteiger partial charge in [0, 0.05) is 11.1 Å². The molecule has 156 valence electrons. The minimum atomic E-state index is -0.805. The number of unbranched alkanes of at least 4 members (excludes halogenated alkanes) is 1. The Morgan fingerprint density at radius 2 is 1.50 bits per heavy atom. The van der Waals surface area contributed by atoms with Crippen molar-refractivity contribution in [3.05, 3.63) is 94.3 Å². The van der Waals surface area contributed by atoms with Gasteiger partial charge in [0.2, 0.25) is 0 Å². The van der Waals surface area contributed by atoms with Gasteiger partial charge in [0.05, 0.1) is 0 Å². The van der Waals surface area contributed by atoms with E-state index in [0.717, 1.165) is 36.8 Å². The van der Waals surface area contributed by atoms with Crippen molar-refractivity contribution in [1.82, 2.24) is 0 Å². The summed E-state index contributed by atoms with van der Waals surface area (Å²) in [6, 6.07) is 15.8. The van der Waals surface area contributed by atoms with E-state index < -0.39 is 11.6 Å². The molecule has 0 heterocycles. The summed E-state index contributed by atoms with van der Waals surface area (Å²) in [6.45, 7) is 4.09. The predicted molar refractivity (Wildman–Crippen MR) is 120 cm³/mol. The van der Waals surface area contributed by atoms with Gasteiger partial charge in [0.15, 0.2) is 11.6 Å². The summed E-state index contributed by atoms with van der Waals surface area (Å²) in [7, 11) is 0. The first-order valence-electron chi connectivity index (χ1n) is 10.6. The molecule has 0 aromatic heterocycles. The largest absolute Gasteiger partial charge is 0.206 e. The molecule has 3 heteroatoms. The van der Waals surface area contributed by atoms with Crippen LogP contribution in [-0.4, -0.2) is 0 Å². The fourth-order valence-corrected chi connectivity index (χ4v) is 3.48. The molecular formula is C27H27F3. The third-order valence-electron chi connectivity index (χ3n) is 5.24. The lowest BCUT2D eigenvalue weighted by Crippen LogP contribution is -1.97. The van der Waals surface area contributed by atoms with Crippen molar-refractivity contribution in [2.45, 2.75) is 46.0 Å². The molecule has 0 saturated carbocycles. The van der Waals surface area contributed by atoms with Crippen LogP contribution in [-0.2, 0) is 12.8 Å². The second-order valence-electron chi connectivity index (χ2n) is 7.56. The topological polar surface area (TPSA) is 0 Å². The molecular weight excluding hydrogens is 381 g/mol. The summed E-state index contributed by atoms with van der Waals surface area (Å²) in [5, 5.41) is 0. The van der Waals surface area contributed by atoms with Crippen LogP contribution in [0.5, 0.6) is 0 Å². The Kier molecular flexibility index (Phi) is 7.51. The fraction of sp³-hybridized carbons (Fsp3) is 0.259. The molecule has 3 aromatic rings. The summed E-state index contributed by atoms with van der Waals surface area (Å²) >= 11 is 0. The van der Waals surface area contributed by atoms with Crippen molar-refractivity contribution in [3.8, 4) is 11.1 Å². The molecule has 30 heavy (non-hydrogen) atoms. The third kappa shape index (κ3) is 5.21. The summed E-state index contributed by atoms with van der Waals surface area (Å²) < 4.78 is 43.1. The quantitative estimate of drug-likeness (QED) is 0.329. The molecule has 0 saturated heterocycles.